The monoisotopic (exact) mass is 450 g/mol. The number of amides is 1. The molecule has 0 aromatic heterocycles. The Morgan fingerprint density at radius 1 is 0.967 bits per heavy atom. The molecular formula is C21H23ClN2O5S. The van der Waals surface area contributed by atoms with Crippen LogP contribution in [0.2, 0.25) is 5.02 Å². The summed E-state index contributed by atoms with van der Waals surface area (Å²) in [7, 11) is -4.03. The third-order valence-electron chi connectivity index (χ3n) is 5.20. The van der Waals surface area contributed by atoms with Gasteiger partial charge >= 0.3 is 0 Å². The Labute approximate surface area is 181 Å². The quantitative estimate of drug-likeness (QED) is 0.698. The number of anilines is 1. The maximum atomic E-state index is 13.5. The summed E-state index contributed by atoms with van der Waals surface area (Å²) >= 11 is 5.98. The van der Waals surface area contributed by atoms with E-state index in [1.807, 2.05) is 0 Å². The number of piperidine rings is 1. The highest BCUT2D eigenvalue weighted by Gasteiger charge is 2.30. The van der Waals surface area contributed by atoms with Gasteiger partial charge in [-0.25, -0.2) is 8.42 Å². The van der Waals surface area contributed by atoms with E-state index in [1.54, 1.807) is 35.2 Å². The third-order valence-corrected chi connectivity index (χ3v) is 7.23. The van der Waals surface area contributed by atoms with Gasteiger partial charge in [0.2, 0.25) is 5.91 Å². The highest BCUT2D eigenvalue weighted by Crippen LogP contribution is 2.34. The predicted molar refractivity (Wildman–Crippen MR) is 114 cm³/mol. The van der Waals surface area contributed by atoms with Crippen LogP contribution in [-0.4, -0.2) is 52.1 Å². The molecule has 4 rings (SSSR count). The van der Waals surface area contributed by atoms with Gasteiger partial charge < -0.3 is 14.4 Å². The second-order valence-corrected chi connectivity index (χ2v) is 9.53. The highest BCUT2D eigenvalue weighted by atomic mass is 35.5. The van der Waals surface area contributed by atoms with Crippen LogP contribution in [0.25, 0.3) is 0 Å². The number of hydrogen-bond acceptors (Lipinski definition) is 5. The zero-order valence-electron chi connectivity index (χ0n) is 16.4. The molecule has 2 aliphatic heterocycles. The van der Waals surface area contributed by atoms with Crippen LogP contribution in [-0.2, 0) is 14.8 Å². The third kappa shape index (κ3) is 4.34. The van der Waals surface area contributed by atoms with Crippen molar-refractivity contribution < 1.29 is 22.7 Å². The normalized spacial score (nSPS) is 16.2. The molecule has 7 nitrogen and oxygen atoms in total. The molecule has 30 heavy (non-hydrogen) atoms. The second-order valence-electron chi connectivity index (χ2n) is 7.24. The van der Waals surface area contributed by atoms with E-state index in [2.05, 4.69) is 0 Å². The van der Waals surface area contributed by atoms with Crippen LogP contribution in [0.5, 0.6) is 11.5 Å². The summed E-state index contributed by atoms with van der Waals surface area (Å²) in [6.07, 6.45) is 2.95. The number of rotatable bonds is 5. The molecule has 2 aromatic rings. The maximum absolute atomic E-state index is 13.5. The molecule has 2 aliphatic rings. The minimum atomic E-state index is -4.03. The molecule has 1 saturated heterocycles. The smallest absolute Gasteiger partial charge is 0.264 e. The van der Waals surface area contributed by atoms with Crippen molar-refractivity contribution in [2.75, 3.05) is 37.2 Å². The van der Waals surface area contributed by atoms with Gasteiger partial charge in [-0.15, -0.1) is 0 Å². The van der Waals surface area contributed by atoms with Crippen LogP contribution in [0.1, 0.15) is 19.3 Å². The number of carbonyl (C=O) groups excluding carboxylic acids is 1. The Morgan fingerprint density at radius 2 is 1.63 bits per heavy atom. The van der Waals surface area contributed by atoms with Gasteiger partial charge in [0.15, 0.2) is 11.5 Å². The van der Waals surface area contributed by atoms with Crippen molar-refractivity contribution in [2.45, 2.75) is 24.2 Å². The van der Waals surface area contributed by atoms with Crippen LogP contribution in [0.4, 0.5) is 5.69 Å². The number of ether oxygens (including phenoxy) is 2. The first-order valence-corrected chi connectivity index (χ1v) is 11.7. The molecule has 2 aromatic carbocycles. The van der Waals surface area contributed by atoms with Crippen molar-refractivity contribution in [1.29, 1.82) is 0 Å². The van der Waals surface area contributed by atoms with Gasteiger partial charge in [0.1, 0.15) is 19.8 Å². The number of likely N-dealkylation sites (tertiary alicyclic amines) is 1. The molecule has 0 spiro atoms. The number of carbonyl (C=O) groups is 1. The average molecular weight is 451 g/mol. The van der Waals surface area contributed by atoms with Gasteiger partial charge in [0.05, 0.1) is 10.6 Å². The molecule has 1 fully saturated rings. The van der Waals surface area contributed by atoms with E-state index in [4.69, 9.17) is 21.1 Å². The summed E-state index contributed by atoms with van der Waals surface area (Å²) < 4.78 is 39.2. The van der Waals surface area contributed by atoms with Gasteiger partial charge in [0, 0.05) is 24.2 Å². The van der Waals surface area contributed by atoms with E-state index in [1.165, 1.54) is 12.1 Å². The van der Waals surface area contributed by atoms with Crippen molar-refractivity contribution >= 4 is 33.2 Å². The fourth-order valence-electron chi connectivity index (χ4n) is 3.60. The van der Waals surface area contributed by atoms with Crippen molar-refractivity contribution in [3.8, 4) is 11.5 Å². The Bertz CT molecular complexity index is 1020. The Balaban J connectivity index is 1.68. The minimum Gasteiger partial charge on any atom is -0.486 e. The molecular weight excluding hydrogens is 428 g/mol. The minimum absolute atomic E-state index is 0.0353. The molecule has 0 radical (unpaired) electrons. The molecule has 1 amide bonds. The Kier molecular flexibility index (Phi) is 6.06. The summed E-state index contributed by atoms with van der Waals surface area (Å²) in [5, 5.41) is 0.484. The Hall–Kier alpha value is -2.45. The van der Waals surface area contributed by atoms with Crippen LogP contribution >= 0.6 is 11.6 Å². The fraction of sp³-hybridized carbons (Fsp3) is 0.381. The molecule has 0 bridgehead atoms. The van der Waals surface area contributed by atoms with Crippen LogP contribution < -0.4 is 13.8 Å². The zero-order valence-corrected chi connectivity index (χ0v) is 18.0. The number of hydrogen-bond donors (Lipinski definition) is 0. The number of halogens is 1. The predicted octanol–water partition coefficient (Wildman–Crippen LogP) is 3.32. The molecule has 0 unspecified atom stereocenters. The van der Waals surface area contributed by atoms with E-state index in [-0.39, 0.29) is 17.3 Å². The lowest BCUT2D eigenvalue weighted by molar-refractivity contribution is -0.130. The first kappa shape index (κ1) is 20.8. The fourth-order valence-corrected chi connectivity index (χ4v) is 5.16. The first-order chi connectivity index (χ1) is 14.4. The molecule has 0 saturated carbocycles. The van der Waals surface area contributed by atoms with E-state index in [0.29, 0.717) is 48.5 Å². The van der Waals surface area contributed by atoms with Gasteiger partial charge in [0.25, 0.3) is 10.0 Å². The van der Waals surface area contributed by atoms with Gasteiger partial charge in [-0.1, -0.05) is 11.6 Å². The van der Waals surface area contributed by atoms with E-state index < -0.39 is 10.0 Å². The molecule has 160 valence electrons. The number of benzene rings is 2. The number of nitrogens with zero attached hydrogens (tertiary/aromatic N) is 2. The molecule has 0 aliphatic carbocycles. The first-order valence-electron chi connectivity index (χ1n) is 9.91. The van der Waals surface area contributed by atoms with Crippen molar-refractivity contribution in [1.82, 2.24) is 4.90 Å². The molecule has 2 heterocycles. The van der Waals surface area contributed by atoms with E-state index in [9.17, 15) is 13.2 Å². The van der Waals surface area contributed by atoms with Crippen LogP contribution in [0, 0.1) is 0 Å². The summed E-state index contributed by atoms with van der Waals surface area (Å²) in [5.74, 6) is 0.661. The SMILES string of the molecule is O=C(CN(c1ccc(Cl)cc1)S(=O)(=O)c1ccc2c(c1)OCCO2)N1CCCCC1. The summed E-state index contributed by atoms with van der Waals surface area (Å²) in [6, 6.07) is 10.9. The zero-order chi connectivity index (χ0) is 21.1. The summed E-state index contributed by atoms with van der Waals surface area (Å²) in [5.41, 5.74) is 0.375. The van der Waals surface area contributed by atoms with Gasteiger partial charge in [-0.3, -0.25) is 9.10 Å². The van der Waals surface area contributed by atoms with Gasteiger partial charge in [-0.05, 0) is 55.7 Å². The molecule has 9 heteroatoms. The largest absolute Gasteiger partial charge is 0.486 e. The van der Waals surface area contributed by atoms with E-state index in [0.717, 1.165) is 23.6 Å². The Morgan fingerprint density at radius 3 is 2.33 bits per heavy atom. The number of fused-ring (bicyclic) bond motifs is 1. The van der Waals surface area contributed by atoms with Crippen molar-refractivity contribution in [3.05, 3.63) is 47.5 Å². The highest BCUT2D eigenvalue weighted by molar-refractivity contribution is 7.92. The standard InChI is InChI=1S/C21H23ClN2O5S/c22-16-4-6-17(7-5-16)24(15-21(25)23-10-2-1-3-11-23)30(26,27)18-8-9-19-20(14-18)29-13-12-28-19/h4-9,14H,1-3,10-13,15H2. The van der Waals surface area contributed by atoms with Gasteiger partial charge in [-0.2, -0.15) is 0 Å². The maximum Gasteiger partial charge on any atom is 0.264 e. The van der Waals surface area contributed by atoms with Crippen molar-refractivity contribution in [2.24, 2.45) is 0 Å². The van der Waals surface area contributed by atoms with Crippen LogP contribution in [0.3, 0.4) is 0 Å². The summed E-state index contributed by atoms with van der Waals surface area (Å²) in [4.78, 5) is 14.7. The summed E-state index contributed by atoms with van der Waals surface area (Å²) in [6.45, 7) is 1.79. The van der Waals surface area contributed by atoms with Crippen LogP contribution in [0.15, 0.2) is 47.4 Å². The number of sulfonamides is 1. The molecule has 0 atom stereocenters. The lowest BCUT2D eigenvalue weighted by Crippen LogP contribution is -2.44. The lowest BCUT2D eigenvalue weighted by Gasteiger charge is -2.31. The van der Waals surface area contributed by atoms with Crippen molar-refractivity contribution in [3.63, 3.8) is 0 Å². The average Bonchev–Trinajstić information content (AvgIpc) is 2.78. The van der Waals surface area contributed by atoms with E-state index >= 15 is 0 Å². The molecule has 0 N–H and O–H groups in total. The topological polar surface area (TPSA) is 76.2 Å². The second kappa shape index (κ2) is 8.73. The lowest BCUT2D eigenvalue weighted by atomic mass is 10.1.